The first kappa shape index (κ1) is 98.8. The average Bonchev–Trinajstić information content (AvgIpc) is 1.22. The van der Waals surface area contributed by atoms with Crippen molar-refractivity contribution >= 4 is 54.9 Å². The Morgan fingerprint density at radius 1 is 0.345 bits per heavy atom. The normalized spacial score (nSPS) is 23.0. The van der Waals surface area contributed by atoms with E-state index in [-0.39, 0.29) is 79.8 Å². The number of carbonyl (C=O) groups is 4. The van der Waals surface area contributed by atoms with Crippen LogP contribution >= 0.6 is 31.3 Å². The highest BCUT2D eigenvalue weighted by atomic mass is 31.2. The first-order chi connectivity index (χ1) is 52.5. The van der Waals surface area contributed by atoms with Gasteiger partial charge in [-0.05, 0) is 154 Å². The summed E-state index contributed by atoms with van der Waals surface area (Å²) >= 11 is 0. The number of rotatable bonds is 24. The van der Waals surface area contributed by atoms with Gasteiger partial charge in [0.2, 0.25) is 23.6 Å². The molecule has 8 heterocycles. The van der Waals surface area contributed by atoms with Crippen LogP contribution < -0.4 is 58.1 Å². The second-order valence-corrected chi connectivity index (χ2v) is 33.7. The first-order valence-corrected chi connectivity index (χ1v) is 41.6. The largest absolute Gasteiger partial charge is 0.790 e. The van der Waals surface area contributed by atoms with E-state index in [9.17, 15) is 97.6 Å². The van der Waals surface area contributed by atoms with Crippen LogP contribution in [0, 0.1) is 45.3 Å². The van der Waals surface area contributed by atoms with Crippen LogP contribution in [0.2, 0.25) is 0 Å². The molecule has 0 unspecified atom stereocenters. The van der Waals surface area contributed by atoms with E-state index in [1.165, 1.54) is 0 Å². The van der Waals surface area contributed by atoms with Crippen LogP contribution in [0.1, 0.15) is 205 Å². The van der Waals surface area contributed by atoms with E-state index in [4.69, 9.17) is 37.9 Å². The second kappa shape index (κ2) is 40.8. The van der Waals surface area contributed by atoms with E-state index in [1.807, 2.05) is 0 Å². The van der Waals surface area contributed by atoms with Crippen molar-refractivity contribution in [3.8, 4) is 47.3 Å². The number of amides is 4. The number of hydrogen-bond acceptors (Lipinski definition) is 32. The summed E-state index contributed by atoms with van der Waals surface area (Å²) in [6.07, 6.45) is 1.96. The van der Waals surface area contributed by atoms with Crippen LogP contribution in [0.15, 0.2) is 72.8 Å². The molecule has 4 amide bonds. The van der Waals surface area contributed by atoms with Gasteiger partial charge in [-0.3, -0.25) is 19.2 Å². The minimum atomic E-state index is -5.09. The van der Waals surface area contributed by atoms with Crippen molar-refractivity contribution in [3.05, 3.63) is 117 Å². The van der Waals surface area contributed by atoms with Crippen LogP contribution in [0.25, 0.3) is 0 Å². The molecule has 8 aliphatic rings. The van der Waals surface area contributed by atoms with Gasteiger partial charge >= 0.3 is 0 Å². The summed E-state index contributed by atoms with van der Waals surface area (Å²) in [4.78, 5) is 142. The molecule has 8 atom stereocenters. The maximum absolute atomic E-state index is 12.5. The molecule has 116 heavy (non-hydrogen) atoms. The summed E-state index contributed by atoms with van der Waals surface area (Å²) in [5.74, 6) is 2.16. The van der Waals surface area contributed by atoms with E-state index in [2.05, 4.69) is 42.4 Å². The fourth-order valence-corrected chi connectivity index (χ4v) is 16.1. The van der Waals surface area contributed by atoms with Gasteiger partial charge in [-0.25, -0.2) is 0 Å². The predicted octanol–water partition coefficient (Wildman–Crippen LogP) is 5.04. The van der Waals surface area contributed by atoms with Crippen LogP contribution in [0.3, 0.4) is 0 Å². The maximum Gasteiger partial charge on any atom is 0.223 e. The molecule has 0 spiro atoms. The molecule has 36 nitrogen and oxygen atoms in total. The molecule has 4 aromatic carbocycles. The van der Waals surface area contributed by atoms with Crippen molar-refractivity contribution in [1.82, 2.24) is 19.6 Å². The predicted molar refractivity (Wildman–Crippen MR) is 398 cm³/mol. The number of phosphoric ester groups is 4. The molecule has 0 saturated carbocycles. The van der Waals surface area contributed by atoms with Gasteiger partial charge in [0.05, 0.1) is 155 Å². The topological polar surface area (TPSA) is 540 Å². The zero-order chi connectivity index (χ0) is 82.1. The van der Waals surface area contributed by atoms with Gasteiger partial charge in [0.1, 0.15) is 69.8 Å². The van der Waals surface area contributed by atoms with Gasteiger partial charge in [-0.1, -0.05) is 29.7 Å². The molecule has 4 fully saturated rings. The van der Waals surface area contributed by atoms with Crippen LogP contribution in [-0.2, 0) is 74.5 Å². The molecular weight excluding hydrogens is 1600 g/mol. The van der Waals surface area contributed by atoms with E-state index in [0.29, 0.717) is 119 Å². The van der Waals surface area contributed by atoms with E-state index >= 15 is 0 Å². The van der Waals surface area contributed by atoms with Crippen LogP contribution in [0.5, 0.6) is 23.0 Å². The standard InChI is InChI=1S/4C18H23N2O7P.4CH4/c4*1-18(2)17(25-8-9-26-28(22,23)24)16(20-7-3-4-15(20)21)13-10-12(11-19)5-6-14(13)27-18;;;;/h4*5-6,10,16-17H,3-4,7-9H2,1-2H3,(H2,22,23,24);4*1H4/p-8/t2*16-,17+;2*16-,17-;;;;/m1010..../s1. The maximum atomic E-state index is 12.5. The van der Waals surface area contributed by atoms with Gasteiger partial charge in [0, 0.05) is 74.1 Å². The monoisotopic (exact) mass is 1700 g/mol. The number of carbonyl (C=O) groups excluding carboxylic acids is 4. The third-order valence-electron chi connectivity index (χ3n) is 19.5. The van der Waals surface area contributed by atoms with Crippen molar-refractivity contribution in [1.29, 1.82) is 21.0 Å². The molecule has 0 bridgehead atoms. The van der Waals surface area contributed by atoms with Crippen LogP contribution in [0.4, 0.5) is 0 Å². The Bertz CT molecular complexity index is 3940. The van der Waals surface area contributed by atoms with Gasteiger partial charge in [0.15, 0.2) is 0 Å². The zero-order valence-corrected chi connectivity index (χ0v) is 66.1. The molecule has 0 N–H and O–H groups in total. The number of phosphoric acid groups is 4. The SMILES string of the molecule is C.C.C.C.CC1(C)Oc2ccc(C#N)cc2[C@@H](N2CCCC2=O)[C@@H]1OCCOP(=O)([O-])[O-].CC1(C)Oc2ccc(C#N)cc2[C@@H](N2CCCC2=O)[C@H]1OCCOP(=O)([O-])[O-].CC1(C)Oc2ccc(C#N)cc2[C@H](N2CCCC2=O)[C@@H]1OCCOP(=O)([O-])[O-].CC1(C)Oc2ccc(C#N)cc2[C@H](N2CCCC2=O)[C@H]1OCCOP(=O)([O-])[O-]. The Morgan fingerprint density at radius 2 is 0.526 bits per heavy atom. The van der Waals surface area contributed by atoms with E-state index in [1.54, 1.807) is 148 Å². The van der Waals surface area contributed by atoms with Crippen molar-refractivity contribution in [2.75, 3.05) is 79.0 Å². The number of nitriles is 4. The van der Waals surface area contributed by atoms with Crippen LogP contribution in [-0.4, -0.2) is 169 Å². The number of hydrogen-bond donors (Lipinski definition) is 0. The fourth-order valence-electron chi connectivity index (χ4n) is 14.9. The molecule has 640 valence electrons. The lowest BCUT2D eigenvalue weighted by molar-refractivity contribution is -0.344. The summed E-state index contributed by atoms with van der Waals surface area (Å²) in [5.41, 5.74) is 0.963. The van der Waals surface area contributed by atoms with E-state index in [0.717, 1.165) is 25.7 Å². The highest BCUT2D eigenvalue weighted by Crippen LogP contribution is 2.51. The molecular formula is C76H100N8O28P4-8. The molecule has 8 aliphatic heterocycles. The minimum absolute atomic E-state index is 0. The Morgan fingerprint density at radius 3 is 0.672 bits per heavy atom. The molecule has 4 saturated heterocycles. The lowest BCUT2D eigenvalue weighted by Gasteiger charge is -2.47. The Labute approximate surface area is 676 Å². The number of ether oxygens (including phenoxy) is 8. The smallest absolute Gasteiger partial charge is 0.223 e. The summed E-state index contributed by atoms with van der Waals surface area (Å²) in [7, 11) is -20.4. The third-order valence-corrected chi connectivity index (χ3v) is 21.5. The molecule has 0 radical (unpaired) electrons. The van der Waals surface area contributed by atoms with Crippen molar-refractivity contribution in [3.63, 3.8) is 0 Å². The summed E-state index contributed by atoms with van der Waals surface area (Å²) in [6.45, 7) is 14.2. The Balaban J connectivity index is 0.000000273. The molecule has 12 rings (SSSR count). The van der Waals surface area contributed by atoms with Gasteiger partial charge in [-0.2, -0.15) is 21.0 Å². The highest BCUT2D eigenvalue weighted by Gasteiger charge is 2.54. The Hall–Kier alpha value is -7.80. The second-order valence-electron chi connectivity index (χ2n) is 29.1. The average molecular weight is 1700 g/mol. The number of nitrogens with zero attached hydrogens (tertiary/aromatic N) is 8. The fraction of sp³-hybridized carbons (Fsp3) is 0.579. The molecule has 40 heteroatoms. The van der Waals surface area contributed by atoms with Gasteiger partial charge in [-0.15, -0.1) is 0 Å². The number of benzene rings is 4. The lowest BCUT2D eigenvalue weighted by Crippen LogP contribution is -2.55. The highest BCUT2D eigenvalue weighted by molar-refractivity contribution is 7.43. The molecule has 4 aromatic rings. The number of likely N-dealkylation sites (tertiary alicyclic amines) is 4. The zero-order valence-electron chi connectivity index (χ0n) is 62.5. The van der Waals surface area contributed by atoms with Crippen molar-refractivity contribution in [2.24, 2.45) is 0 Å². The quantitative estimate of drug-likeness (QED) is 0.0655. The third kappa shape index (κ3) is 25.1. The summed E-state index contributed by atoms with van der Waals surface area (Å²) < 4.78 is 107. The lowest BCUT2D eigenvalue weighted by atomic mass is 9.84. The van der Waals surface area contributed by atoms with Gasteiger partial charge < -0.3 is 133 Å². The Kier molecular flexibility index (Phi) is 34.7. The molecule has 0 aliphatic carbocycles. The summed E-state index contributed by atoms with van der Waals surface area (Å²) in [5, 5.41) is 37.0. The summed E-state index contributed by atoms with van der Waals surface area (Å²) in [6, 6.07) is 26.4. The van der Waals surface area contributed by atoms with Gasteiger partial charge in [0.25, 0.3) is 0 Å². The number of fused-ring (bicyclic) bond motifs is 4. The van der Waals surface area contributed by atoms with E-state index < -0.39 is 129 Å². The minimum Gasteiger partial charge on any atom is -0.790 e. The molecule has 0 aromatic heterocycles. The first-order valence-electron chi connectivity index (χ1n) is 35.7. The van der Waals surface area contributed by atoms with Crippen molar-refractivity contribution < 1.29 is 133 Å². The van der Waals surface area contributed by atoms with Crippen molar-refractivity contribution in [2.45, 2.75) is 207 Å².